The van der Waals surface area contributed by atoms with Crippen LogP contribution >= 0.6 is 0 Å². The molecule has 0 saturated heterocycles. The first-order valence-electron chi connectivity index (χ1n) is 6.35. The minimum Gasteiger partial charge on any atom is -0.361 e. The SMILES string of the molecule is Cc1ccc(S(=O)(=O)N(C)C(C)Cc2ccno2)cc1. The van der Waals surface area contributed by atoms with Gasteiger partial charge in [-0.15, -0.1) is 0 Å². The van der Waals surface area contributed by atoms with Crippen molar-refractivity contribution in [2.24, 2.45) is 0 Å². The third-order valence-corrected chi connectivity index (χ3v) is 5.29. The van der Waals surface area contributed by atoms with Crippen LogP contribution in [0.25, 0.3) is 0 Å². The summed E-state index contributed by atoms with van der Waals surface area (Å²) in [6.07, 6.45) is 2.04. The van der Waals surface area contributed by atoms with Crippen LogP contribution in [0, 0.1) is 6.92 Å². The Kier molecular flexibility index (Phi) is 4.25. The first kappa shape index (κ1) is 14.7. The van der Waals surface area contributed by atoms with E-state index in [9.17, 15) is 8.42 Å². The van der Waals surface area contributed by atoms with Gasteiger partial charge in [-0.3, -0.25) is 0 Å². The minimum atomic E-state index is -3.49. The Labute approximate surface area is 119 Å². The van der Waals surface area contributed by atoms with E-state index in [1.165, 1.54) is 4.31 Å². The van der Waals surface area contributed by atoms with Crippen LogP contribution < -0.4 is 0 Å². The lowest BCUT2D eigenvalue weighted by Crippen LogP contribution is -2.36. The Balaban J connectivity index is 2.18. The van der Waals surface area contributed by atoms with Gasteiger partial charge >= 0.3 is 0 Å². The molecule has 0 aliphatic heterocycles. The fourth-order valence-corrected chi connectivity index (χ4v) is 3.24. The predicted octanol–water partition coefficient (Wildman–Crippen LogP) is 2.23. The first-order valence-corrected chi connectivity index (χ1v) is 7.79. The van der Waals surface area contributed by atoms with Gasteiger partial charge in [-0.25, -0.2) is 8.42 Å². The molecular weight excluding hydrogens is 276 g/mol. The molecule has 0 amide bonds. The van der Waals surface area contributed by atoms with Crippen molar-refractivity contribution in [3.63, 3.8) is 0 Å². The summed E-state index contributed by atoms with van der Waals surface area (Å²) in [5.74, 6) is 0.670. The Hall–Kier alpha value is -1.66. The van der Waals surface area contributed by atoms with E-state index in [0.29, 0.717) is 17.1 Å². The maximum atomic E-state index is 12.5. The molecular formula is C14H18N2O3S. The summed E-state index contributed by atoms with van der Waals surface area (Å²) < 4.78 is 31.4. The molecule has 0 spiro atoms. The first-order chi connectivity index (χ1) is 9.41. The lowest BCUT2D eigenvalue weighted by Gasteiger charge is -2.23. The summed E-state index contributed by atoms with van der Waals surface area (Å²) in [5, 5.41) is 3.62. The third-order valence-electron chi connectivity index (χ3n) is 3.31. The lowest BCUT2D eigenvalue weighted by molar-refractivity contribution is 0.331. The van der Waals surface area contributed by atoms with E-state index in [1.54, 1.807) is 43.6 Å². The van der Waals surface area contributed by atoms with Crippen molar-refractivity contribution >= 4 is 10.0 Å². The molecule has 0 radical (unpaired) electrons. The van der Waals surface area contributed by atoms with Gasteiger partial charge in [0.25, 0.3) is 0 Å². The van der Waals surface area contributed by atoms with Crippen LogP contribution in [0.15, 0.2) is 45.9 Å². The van der Waals surface area contributed by atoms with Crippen LogP contribution in [0.1, 0.15) is 18.2 Å². The molecule has 0 aliphatic carbocycles. The fraction of sp³-hybridized carbons (Fsp3) is 0.357. The number of likely N-dealkylation sites (N-methyl/N-ethyl adjacent to an activating group) is 1. The van der Waals surface area contributed by atoms with Crippen molar-refractivity contribution in [1.29, 1.82) is 0 Å². The average Bonchev–Trinajstić information content (AvgIpc) is 2.91. The second-order valence-corrected chi connectivity index (χ2v) is 6.86. The molecule has 20 heavy (non-hydrogen) atoms. The molecule has 1 aromatic heterocycles. The van der Waals surface area contributed by atoms with E-state index < -0.39 is 10.0 Å². The molecule has 108 valence electrons. The molecule has 0 aliphatic rings. The summed E-state index contributed by atoms with van der Waals surface area (Å²) >= 11 is 0. The summed E-state index contributed by atoms with van der Waals surface area (Å²) in [4.78, 5) is 0.301. The smallest absolute Gasteiger partial charge is 0.243 e. The Morgan fingerprint density at radius 2 is 1.90 bits per heavy atom. The van der Waals surface area contributed by atoms with Crippen molar-refractivity contribution in [2.45, 2.75) is 31.2 Å². The molecule has 0 fully saturated rings. The summed E-state index contributed by atoms with van der Waals surface area (Å²) in [6.45, 7) is 3.76. The van der Waals surface area contributed by atoms with Crippen LogP contribution in [-0.4, -0.2) is 31.0 Å². The second-order valence-electron chi connectivity index (χ2n) is 4.87. The number of sulfonamides is 1. The monoisotopic (exact) mass is 294 g/mol. The van der Waals surface area contributed by atoms with Gasteiger partial charge in [-0.1, -0.05) is 22.9 Å². The lowest BCUT2D eigenvalue weighted by atomic mass is 10.2. The number of hydrogen-bond donors (Lipinski definition) is 0. The highest BCUT2D eigenvalue weighted by Crippen LogP contribution is 2.18. The Bertz CT molecular complexity index is 648. The molecule has 1 atom stereocenters. The summed E-state index contributed by atoms with van der Waals surface area (Å²) in [6, 6.07) is 8.37. The van der Waals surface area contributed by atoms with Crippen LogP contribution in [0.2, 0.25) is 0 Å². The normalized spacial score (nSPS) is 13.6. The van der Waals surface area contributed by atoms with Crippen LogP contribution in [0.5, 0.6) is 0 Å². The molecule has 6 heteroatoms. The van der Waals surface area contributed by atoms with E-state index in [-0.39, 0.29) is 6.04 Å². The van der Waals surface area contributed by atoms with Crippen molar-refractivity contribution in [3.8, 4) is 0 Å². The topological polar surface area (TPSA) is 63.4 Å². The van der Waals surface area contributed by atoms with Crippen LogP contribution in [-0.2, 0) is 16.4 Å². The van der Waals surface area contributed by atoms with Gasteiger partial charge in [0.1, 0.15) is 5.76 Å². The summed E-state index contributed by atoms with van der Waals surface area (Å²) in [7, 11) is -1.91. The third kappa shape index (κ3) is 3.08. The van der Waals surface area contributed by atoms with Gasteiger partial charge in [0, 0.05) is 25.6 Å². The Morgan fingerprint density at radius 1 is 1.25 bits per heavy atom. The van der Waals surface area contributed by atoms with E-state index in [4.69, 9.17) is 4.52 Å². The molecule has 1 aromatic carbocycles. The minimum absolute atomic E-state index is 0.214. The van der Waals surface area contributed by atoms with Gasteiger partial charge in [-0.05, 0) is 26.0 Å². The van der Waals surface area contributed by atoms with Crippen LogP contribution in [0.4, 0.5) is 0 Å². The number of benzene rings is 1. The largest absolute Gasteiger partial charge is 0.361 e. The van der Waals surface area contributed by atoms with Crippen LogP contribution in [0.3, 0.4) is 0 Å². The van der Waals surface area contributed by atoms with Gasteiger partial charge in [-0.2, -0.15) is 4.31 Å². The zero-order valence-electron chi connectivity index (χ0n) is 11.8. The zero-order valence-corrected chi connectivity index (χ0v) is 12.6. The van der Waals surface area contributed by atoms with Crippen molar-refractivity contribution in [1.82, 2.24) is 9.46 Å². The number of rotatable bonds is 5. The number of aryl methyl sites for hydroxylation is 1. The standard InChI is InChI=1S/C14H18N2O3S/c1-11-4-6-14(7-5-11)20(17,18)16(3)12(2)10-13-8-9-15-19-13/h4-9,12H,10H2,1-3H3. The Morgan fingerprint density at radius 3 is 2.45 bits per heavy atom. The van der Waals surface area contributed by atoms with Gasteiger partial charge in [0.15, 0.2) is 0 Å². The predicted molar refractivity (Wildman–Crippen MR) is 75.8 cm³/mol. The quantitative estimate of drug-likeness (QED) is 0.848. The van der Waals surface area contributed by atoms with Crippen molar-refractivity contribution in [2.75, 3.05) is 7.05 Å². The van der Waals surface area contributed by atoms with Gasteiger partial charge in [0.2, 0.25) is 10.0 Å². The molecule has 0 bridgehead atoms. The molecule has 1 heterocycles. The average molecular weight is 294 g/mol. The summed E-state index contributed by atoms with van der Waals surface area (Å²) in [5.41, 5.74) is 1.03. The van der Waals surface area contributed by atoms with E-state index in [1.807, 2.05) is 13.8 Å². The van der Waals surface area contributed by atoms with Gasteiger partial charge < -0.3 is 4.52 Å². The number of hydrogen-bond acceptors (Lipinski definition) is 4. The zero-order chi connectivity index (χ0) is 14.8. The maximum Gasteiger partial charge on any atom is 0.243 e. The molecule has 0 N–H and O–H groups in total. The van der Waals surface area contributed by atoms with Crippen molar-refractivity contribution in [3.05, 3.63) is 47.9 Å². The molecule has 2 aromatic rings. The highest BCUT2D eigenvalue weighted by Gasteiger charge is 2.25. The maximum absolute atomic E-state index is 12.5. The van der Waals surface area contributed by atoms with E-state index >= 15 is 0 Å². The fourth-order valence-electron chi connectivity index (χ4n) is 1.88. The molecule has 5 nitrogen and oxygen atoms in total. The highest BCUT2D eigenvalue weighted by molar-refractivity contribution is 7.89. The van der Waals surface area contributed by atoms with E-state index in [0.717, 1.165) is 5.56 Å². The molecule has 2 rings (SSSR count). The number of aromatic nitrogens is 1. The van der Waals surface area contributed by atoms with E-state index in [2.05, 4.69) is 5.16 Å². The van der Waals surface area contributed by atoms with Crippen molar-refractivity contribution < 1.29 is 12.9 Å². The molecule has 0 saturated carbocycles. The highest BCUT2D eigenvalue weighted by atomic mass is 32.2. The number of nitrogens with zero attached hydrogens (tertiary/aromatic N) is 2. The van der Waals surface area contributed by atoms with Gasteiger partial charge in [0.05, 0.1) is 11.1 Å². The molecule has 1 unspecified atom stereocenters. The second kappa shape index (κ2) is 5.76.